The number of benzene rings is 1. The van der Waals surface area contributed by atoms with Crippen LogP contribution in [0.3, 0.4) is 0 Å². The average molecular weight is 240 g/mol. The molecule has 0 atom stereocenters. The minimum atomic E-state index is 0.0483. The van der Waals surface area contributed by atoms with Gasteiger partial charge in [-0.2, -0.15) is 0 Å². The summed E-state index contributed by atoms with van der Waals surface area (Å²) in [6.07, 6.45) is 3.60. The van der Waals surface area contributed by atoms with Crippen LogP contribution in [-0.2, 0) is 0 Å². The number of hydrogen-bond donors (Lipinski definition) is 1. The lowest BCUT2D eigenvalue weighted by atomic mass is 10.1. The van der Waals surface area contributed by atoms with Crippen molar-refractivity contribution < 1.29 is 5.11 Å². The van der Waals surface area contributed by atoms with Gasteiger partial charge in [0.05, 0.1) is 11.5 Å². The lowest BCUT2D eigenvalue weighted by Gasteiger charge is -1.96. The largest absolute Gasteiger partial charge is 0.392 e. The van der Waals surface area contributed by atoms with Crippen molar-refractivity contribution in [3.8, 4) is 11.8 Å². The molecule has 2 aromatic rings. The van der Waals surface area contributed by atoms with Crippen LogP contribution in [0.15, 0.2) is 47.9 Å². The Bertz CT molecular complexity index is 556. The van der Waals surface area contributed by atoms with Crippen molar-refractivity contribution in [3.63, 3.8) is 0 Å². The van der Waals surface area contributed by atoms with Gasteiger partial charge < -0.3 is 5.11 Å². The Kier molecular flexibility index (Phi) is 4.15. The van der Waals surface area contributed by atoms with Crippen LogP contribution in [0.5, 0.6) is 0 Å². The molecule has 1 N–H and O–H groups in total. The SMILES string of the molecule is OCC=Cc1ccccc1C#Cc1cccs1. The molecule has 84 valence electrons. The van der Waals surface area contributed by atoms with Crippen LogP contribution in [0.25, 0.3) is 6.08 Å². The highest BCUT2D eigenvalue weighted by Crippen LogP contribution is 2.11. The van der Waals surface area contributed by atoms with E-state index in [-0.39, 0.29) is 6.61 Å². The van der Waals surface area contributed by atoms with Crippen LogP contribution < -0.4 is 0 Å². The minimum absolute atomic E-state index is 0.0483. The van der Waals surface area contributed by atoms with E-state index in [2.05, 4.69) is 11.8 Å². The highest BCUT2D eigenvalue weighted by Gasteiger charge is 1.94. The van der Waals surface area contributed by atoms with Crippen LogP contribution in [-0.4, -0.2) is 11.7 Å². The summed E-state index contributed by atoms with van der Waals surface area (Å²) in [6, 6.07) is 11.9. The lowest BCUT2D eigenvalue weighted by molar-refractivity contribution is 0.343. The Morgan fingerprint density at radius 2 is 2.00 bits per heavy atom. The molecule has 2 rings (SSSR count). The molecule has 0 spiro atoms. The van der Waals surface area contributed by atoms with Gasteiger partial charge in [-0.1, -0.05) is 48.3 Å². The third-order valence-electron chi connectivity index (χ3n) is 2.21. The molecule has 0 saturated heterocycles. The van der Waals surface area contributed by atoms with E-state index in [1.165, 1.54) is 0 Å². The fourth-order valence-electron chi connectivity index (χ4n) is 1.41. The van der Waals surface area contributed by atoms with Gasteiger partial charge in [-0.15, -0.1) is 11.3 Å². The van der Waals surface area contributed by atoms with Crippen LogP contribution in [0, 0.1) is 11.8 Å². The van der Waals surface area contributed by atoms with Crippen molar-refractivity contribution in [1.82, 2.24) is 0 Å². The number of aliphatic hydroxyl groups excluding tert-OH is 1. The van der Waals surface area contributed by atoms with E-state index in [1.807, 2.05) is 47.9 Å². The van der Waals surface area contributed by atoms with Gasteiger partial charge in [0.15, 0.2) is 0 Å². The monoisotopic (exact) mass is 240 g/mol. The fraction of sp³-hybridized carbons (Fsp3) is 0.0667. The van der Waals surface area contributed by atoms with E-state index >= 15 is 0 Å². The van der Waals surface area contributed by atoms with Crippen molar-refractivity contribution in [2.45, 2.75) is 0 Å². The molecule has 0 unspecified atom stereocenters. The van der Waals surface area contributed by atoms with Gasteiger partial charge in [-0.25, -0.2) is 0 Å². The molecule has 0 aliphatic carbocycles. The van der Waals surface area contributed by atoms with E-state index in [9.17, 15) is 0 Å². The number of thiophene rings is 1. The van der Waals surface area contributed by atoms with Crippen molar-refractivity contribution in [2.75, 3.05) is 6.61 Å². The predicted molar refractivity (Wildman–Crippen MR) is 72.9 cm³/mol. The van der Waals surface area contributed by atoms with Gasteiger partial charge in [-0.05, 0) is 23.1 Å². The maximum absolute atomic E-state index is 8.78. The Hall–Kier alpha value is -1.82. The normalized spacial score (nSPS) is 10.2. The summed E-state index contributed by atoms with van der Waals surface area (Å²) in [5.74, 6) is 6.28. The molecule has 0 aliphatic rings. The summed E-state index contributed by atoms with van der Waals surface area (Å²) in [4.78, 5) is 1.06. The quantitative estimate of drug-likeness (QED) is 0.799. The van der Waals surface area contributed by atoms with Crippen LogP contribution in [0.1, 0.15) is 16.0 Å². The number of aliphatic hydroxyl groups is 1. The molecule has 0 saturated carbocycles. The van der Waals surface area contributed by atoms with Crippen molar-refractivity contribution in [1.29, 1.82) is 0 Å². The molecule has 0 bridgehead atoms. The van der Waals surface area contributed by atoms with Gasteiger partial charge in [0, 0.05) is 5.56 Å². The standard InChI is InChI=1S/C15H12OS/c16-11-3-7-13-5-1-2-6-14(13)9-10-15-8-4-12-17-15/h1-8,12,16H,11H2. The Balaban J connectivity index is 2.29. The summed E-state index contributed by atoms with van der Waals surface area (Å²) in [5, 5.41) is 10.8. The van der Waals surface area contributed by atoms with Crippen molar-refractivity contribution in [3.05, 3.63) is 63.9 Å². The van der Waals surface area contributed by atoms with Gasteiger partial charge in [0.25, 0.3) is 0 Å². The molecule has 1 aromatic heterocycles. The maximum Gasteiger partial charge on any atom is 0.0772 e. The third kappa shape index (κ3) is 3.32. The van der Waals surface area contributed by atoms with Gasteiger partial charge >= 0.3 is 0 Å². The van der Waals surface area contributed by atoms with Crippen molar-refractivity contribution >= 4 is 17.4 Å². The summed E-state index contributed by atoms with van der Waals surface area (Å²) >= 11 is 1.63. The first-order valence-electron chi connectivity index (χ1n) is 5.32. The topological polar surface area (TPSA) is 20.2 Å². The molecule has 1 aromatic carbocycles. The van der Waals surface area contributed by atoms with E-state index in [0.717, 1.165) is 16.0 Å². The third-order valence-corrected chi connectivity index (χ3v) is 2.99. The Morgan fingerprint density at radius 1 is 1.12 bits per heavy atom. The van der Waals surface area contributed by atoms with Crippen molar-refractivity contribution in [2.24, 2.45) is 0 Å². The van der Waals surface area contributed by atoms with E-state index in [0.29, 0.717) is 0 Å². The predicted octanol–water partition coefficient (Wildman–Crippen LogP) is 3.15. The highest BCUT2D eigenvalue weighted by atomic mass is 32.1. The zero-order valence-electron chi connectivity index (χ0n) is 9.26. The summed E-state index contributed by atoms with van der Waals surface area (Å²) in [6.45, 7) is 0.0483. The molecule has 1 heterocycles. The molecule has 17 heavy (non-hydrogen) atoms. The minimum Gasteiger partial charge on any atom is -0.392 e. The van der Waals surface area contributed by atoms with E-state index in [4.69, 9.17) is 5.11 Å². The molecular weight excluding hydrogens is 228 g/mol. The first kappa shape index (κ1) is 11.7. The number of hydrogen-bond acceptors (Lipinski definition) is 2. The molecular formula is C15H12OS. The lowest BCUT2D eigenvalue weighted by Crippen LogP contribution is -1.82. The number of rotatable bonds is 2. The molecule has 0 radical (unpaired) electrons. The fourth-order valence-corrected chi connectivity index (χ4v) is 1.99. The molecule has 0 amide bonds. The second-order valence-corrected chi connectivity index (χ2v) is 4.35. The van der Waals surface area contributed by atoms with Gasteiger partial charge in [0.1, 0.15) is 0 Å². The second-order valence-electron chi connectivity index (χ2n) is 3.40. The van der Waals surface area contributed by atoms with E-state index < -0.39 is 0 Å². The van der Waals surface area contributed by atoms with Crippen LogP contribution >= 0.6 is 11.3 Å². The zero-order chi connectivity index (χ0) is 11.9. The molecule has 0 fully saturated rings. The average Bonchev–Trinajstić information content (AvgIpc) is 2.88. The molecule has 2 heteroatoms. The summed E-state index contributed by atoms with van der Waals surface area (Å²) < 4.78 is 0. The molecule has 1 nitrogen and oxygen atoms in total. The summed E-state index contributed by atoms with van der Waals surface area (Å²) in [7, 11) is 0. The molecule has 0 aliphatic heterocycles. The van der Waals surface area contributed by atoms with E-state index in [1.54, 1.807) is 17.4 Å². The zero-order valence-corrected chi connectivity index (χ0v) is 10.1. The Morgan fingerprint density at radius 3 is 2.76 bits per heavy atom. The Labute approximate surface area is 105 Å². The van der Waals surface area contributed by atoms with Crippen LogP contribution in [0.2, 0.25) is 0 Å². The maximum atomic E-state index is 8.78. The summed E-state index contributed by atoms with van der Waals surface area (Å²) in [5.41, 5.74) is 2.01. The van der Waals surface area contributed by atoms with Crippen LogP contribution in [0.4, 0.5) is 0 Å². The second kappa shape index (κ2) is 6.05. The first-order valence-corrected chi connectivity index (χ1v) is 6.20. The van der Waals surface area contributed by atoms with Gasteiger partial charge in [-0.3, -0.25) is 0 Å². The first-order chi connectivity index (χ1) is 8.40. The van der Waals surface area contributed by atoms with Gasteiger partial charge in [0.2, 0.25) is 0 Å². The highest BCUT2D eigenvalue weighted by molar-refractivity contribution is 7.10. The smallest absolute Gasteiger partial charge is 0.0772 e.